The van der Waals surface area contributed by atoms with E-state index in [1.165, 1.54) is 6.42 Å². The number of piperidine rings is 1. The molecule has 0 unspecified atom stereocenters. The fourth-order valence-electron chi connectivity index (χ4n) is 3.02. The van der Waals surface area contributed by atoms with Gasteiger partial charge in [0.05, 0.1) is 0 Å². The highest BCUT2D eigenvalue weighted by Gasteiger charge is 2.25. The normalized spacial score (nSPS) is 15.5. The fraction of sp³-hybridized carbons (Fsp3) is 0.421. The summed E-state index contributed by atoms with van der Waals surface area (Å²) >= 11 is 0. The molecule has 1 aromatic carbocycles. The number of furan rings is 1. The minimum Gasteiger partial charge on any atom is -0.426 e. The van der Waals surface area contributed by atoms with Crippen molar-refractivity contribution in [3.63, 3.8) is 0 Å². The van der Waals surface area contributed by atoms with Crippen molar-refractivity contribution in [3.8, 4) is 11.7 Å². The largest absolute Gasteiger partial charge is 0.426 e. The van der Waals surface area contributed by atoms with Gasteiger partial charge in [-0.3, -0.25) is 4.79 Å². The summed E-state index contributed by atoms with van der Waals surface area (Å²) in [7, 11) is 1.98. The molecule has 1 N–H and O–H groups in total. The summed E-state index contributed by atoms with van der Waals surface area (Å²) in [5, 5.41) is 3.19. The van der Waals surface area contributed by atoms with Gasteiger partial charge in [0.1, 0.15) is 5.75 Å². The van der Waals surface area contributed by atoms with Crippen LogP contribution in [0.5, 0.6) is 11.7 Å². The molecule has 0 saturated carbocycles. The number of carbonyl (C=O) groups is 1. The monoisotopic (exact) mass is 328 g/mol. The Balaban J connectivity index is 1.54. The van der Waals surface area contributed by atoms with Gasteiger partial charge >= 0.3 is 0 Å². The van der Waals surface area contributed by atoms with E-state index >= 15 is 0 Å². The van der Waals surface area contributed by atoms with Gasteiger partial charge in [-0.25, -0.2) is 0 Å². The molecular formula is C19H24N2O3. The third-order valence-corrected chi connectivity index (χ3v) is 4.46. The second-order valence-electron chi connectivity index (χ2n) is 6.16. The molecule has 1 aromatic heterocycles. The van der Waals surface area contributed by atoms with Crippen LogP contribution in [0.15, 0.2) is 46.9 Å². The fourth-order valence-corrected chi connectivity index (χ4v) is 3.02. The van der Waals surface area contributed by atoms with Gasteiger partial charge in [-0.05, 0) is 57.0 Å². The Morgan fingerprint density at radius 2 is 1.96 bits per heavy atom. The number of carbonyl (C=O) groups excluding carboxylic acids is 1. The summed E-state index contributed by atoms with van der Waals surface area (Å²) in [6.45, 7) is 2.63. The van der Waals surface area contributed by atoms with Crippen LogP contribution in [0.4, 0.5) is 0 Å². The van der Waals surface area contributed by atoms with Gasteiger partial charge in [0.15, 0.2) is 5.76 Å². The number of likely N-dealkylation sites (tertiary alicyclic amines) is 1. The first kappa shape index (κ1) is 16.6. The molecule has 0 spiro atoms. The maximum Gasteiger partial charge on any atom is 0.290 e. The third kappa shape index (κ3) is 4.17. The van der Waals surface area contributed by atoms with Crippen LogP contribution in [0, 0.1) is 5.92 Å². The van der Waals surface area contributed by atoms with E-state index in [-0.39, 0.29) is 5.91 Å². The van der Waals surface area contributed by atoms with Crippen LogP contribution in [0.1, 0.15) is 29.8 Å². The van der Waals surface area contributed by atoms with Crippen molar-refractivity contribution in [2.24, 2.45) is 5.92 Å². The number of nitrogens with zero attached hydrogens (tertiary/aromatic N) is 1. The number of nitrogens with one attached hydrogen (secondary N) is 1. The molecule has 0 atom stereocenters. The Labute approximate surface area is 142 Å². The summed E-state index contributed by atoms with van der Waals surface area (Å²) in [5.74, 6) is 2.03. The van der Waals surface area contributed by atoms with Gasteiger partial charge < -0.3 is 19.4 Å². The molecule has 128 valence electrons. The molecule has 1 aliphatic heterocycles. The Bertz CT molecular complexity index is 646. The molecule has 0 radical (unpaired) electrons. The predicted molar refractivity (Wildman–Crippen MR) is 92.4 cm³/mol. The Hall–Kier alpha value is -2.27. The van der Waals surface area contributed by atoms with Crippen molar-refractivity contribution in [1.82, 2.24) is 10.2 Å². The van der Waals surface area contributed by atoms with Crippen molar-refractivity contribution in [1.29, 1.82) is 0 Å². The van der Waals surface area contributed by atoms with Crippen LogP contribution in [0.2, 0.25) is 0 Å². The molecule has 2 aromatic rings. The maximum absolute atomic E-state index is 12.6. The Morgan fingerprint density at radius 1 is 1.21 bits per heavy atom. The highest BCUT2D eigenvalue weighted by atomic mass is 16.6. The zero-order valence-electron chi connectivity index (χ0n) is 14.0. The first-order valence-electron chi connectivity index (χ1n) is 8.53. The van der Waals surface area contributed by atoms with E-state index in [2.05, 4.69) is 5.32 Å². The summed E-state index contributed by atoms with van der Waals surface area (Å²) in [4.78, 5) is 14.4. The van der Waals surface area contributed by atoms with E-state index in [0.29, 0.717) is 23.4 Å². The van der Waals surface area contributed by atoms with E-state index < -0.39 is 0 Å². The molecule has 0 bridgehead atoms. The number of hydrogen-bond acceptors (Lipinski definition) is 4. The predicted octanol–water partition coefficient (Wildman–Crippen LogP) is 3.53. The van der Waals surface area contributed by atoms with Crippen molar-refractivity contribution in [3.05, 3.63) is 48.2 Å². The lowest BCUT2D eigenvalue weighted by Crippen LogP contribution is -2.38. The molecule has 2 heterocycles. The summed E-state index contributed by atoms with van der Waals surface area (Å²) in [6.07, 6.45) is 3.29. The molecule has 1 fully saturated rings. The van der Waals surface area contributed by atoms with Crippen LogP contribution in [-0.2, 0) is 0 Å². The van der Waals surface area contributed by atoms with Gasteiger partial charge in [-0.1, -0.05) is 18.2 Å². The summed E-state index contributed by atoms with van der Waals surface area (Å²) in [5.41, 5.74) is 0. The van der Waals surface area contributed by atoms with Crippen LogP contribution < -0.4 is 10.1 Å². The van der Waals surface area contributed by atoms with Crippen molar-refractivity contribution >= 4 is 5.91 Å². The van der Waals surface area contributed by atoms with Gasteiger partial charge in [-0.15, -0.1) is 0 Å². The molecule has 3 rings (SSSR count). The minimum absolute atomic E-state index is 0.0509. The van der Waals surface area contributed by atoms with Gasteiger partial charge in [0.25, 0.3) is 11.9 Å². The zero-order valence-corrected chi connectivity index (χ0v) is 14.0. The molecule has 5 heteroatoms. The first-order chi connectivity index (χ1) is 11.8. The lowest BCUT2D eigenvalue weighted by Gasteiger charge is -2.31. The number of ether oxygens (including phenoxy) is 1. The second kappa shape index (κ2) is 8.02. The standard InChI is InChI=1S/C19H24N2O3/c1-20-12-9-15-10-13-21(14-11-15)19(22)17-7-8-18(24-17)23-16-5-3-2-4-6-16/h2-8,15,20H,9-14H2,1H3. The van der Waals surface area contributed by atoms with Gasteiger partial charge in [0.2, 0.25) is 0 Å². The quantitative estimate of drug-likeness (QED) is 0.881. The van der Waals surface area contributed by atoms with Crippen molar-refractivity contribution in [2.45, 2.75) is 19.3 Å². The topological polar surface area (TPSA) is 54.7 Å². The second-order valence-corrected chi connectivity index (χ2v) is 6.16. The number of hydrogen-bond donors (Lipinski definition) is 1. The zero-order chi connectivity index (χ0) is 16.8. The van der Waals surface area contributed by atoms with Crippen LogP contribution >= 0.6 is 0 Å². The molecule has 0 aliphatic carbocycles. The first-order valence-corrected chi connectivity index (χ1v) is 8.53. The van der Waals surface area contributed by atoms with E-state index in [1.54, 1.807) is 12.1 Å². The van der Waals surface area contributed by atoms with Crippen molar-refractivity contribution in [2.75, 3.05) is 26.7 Å². The van der Waals surface area contributed by atoms with Crippen LogP contribution in [-0.4, -0.2) is 37.5 Å². The van der Waals surface area contributed by atoms with E-state index in [0.717, 1.165) is 32.5 Å². The number of benzene rings is 1. The van der Waals surface area contributed by atoms with Gasteiger partial charge in [-0.2, -0.15) is 0 Å². The number of amides is 1. The molecule has 1 saturated heterocycles. The van der Waals surface area contributed by atoms with Gasteiger partial charge in [0, 0.05) is 19.2 Å². The molecule has 1 aliphatic rings. The van der Waals surface area contributed by atoms with Crippen LogP contribution in [0.25, 0.3) is 0 Å². The Morgan fingerprint density at radius 3 is 2.67 bits per heavy atom. The maximum atomic E-state index is 12.6. The van der Waals surface area contributed by atoms with Crippen LogP contribution in [0.3, 0.4) is 0 Å². The lowest BCUT2D eigenvalue weighted by molar-refractivity contribution is 0.0650. The Kier molecular flexibility index (Phi) is 5.54. The minimum atomic E-state index is -0.0509. The number of para-hydroxylation sites is 1. The molecule has 24 heavy (non-hydrogen) atoms. The highest BCUT2D eigenvalue weighted by molar-refractivity contribution is 5.91. The summed E-state index contributed by atoms with van der Waals surface area (Å²) < 4.78 is 11.2. The average molecular weight is 328 g/mol. The van der Waals surface area contributed by atoms with E-state index in [1.807, 2.05) is 42.3 Å². The summed E-state index contributed by atoms with van der Waals surface area (Å²) in [6, 6.07) is 12.8. The molecular weight excluding hydrogens is 304 g/mol. The average Bonchev–Trinajstić information content (AvgIpc) is 3.09. The van der Waals surface area contributed by atoms with E-state index in [4.69, 9.17) is 9.15 Å². The molecule has 5 nitrogen and oxygen atoms in total. The smallest absolute Gasteiger partial charge is 0.290 e. The highest BCUT2D eigenvalue weighted by Crippen LogP contribution is 2.26. The lowest BCUT2D eigenvalue weighted by atomic mass is 9.93. The third-order valence-electron chi connectivity index (χ3n) is 4.46. The van der Waals surface area contributed by atoms with Crippen molar-refractivity contribution < 1.29 is 13.9 Å². The SMILES string of the molecule is CNCCC1CCN(C(=O)c2ccc(Oc3ccccc3)o2)CC1. The van der Waals surface area contributed by atoms with E-state index in [9.17, 15) is 4.79 Å². The molecule has 1 amide bonds. The number of rotatable bonds is 6.